The van der Waals surface area contributed by atoms with Crippen molar-refractivity contribution < 1.29 is 14.3 Å². The topological polar surface area (TPSA) is 58.6 Å². The molecule has 0 aliphatic carbocycles. The maximum absolute atomic E-state index is 13.0. The fourth-order valence-corrected chi connectivity index (χ4v) is 3.48. The summed E-state index contributed by atoms with van der Waals surface area (Å²) in [5.41, 5.74) is 2.08. The van der Waals surface area contributed by atoms with Crippen LogP contribution in [0, 0.1) is 6.92 Å². The molecule has 0 aliphatic heterocycles. The maximum atomic E-state index is 13.0. The summed E-state index contributed by atoms with van der Waals surface area (Å²) in [5, 5.41) is 3.36. The van der Waals surface area contributed by atoms with Gasteiger partial charge >= 0.3 is 0 Å². The molecule has 0 aromatic heterocycles. The first-order chi connectivity index (χ1) is 14.2. The van der Waals surface area contributed by atoms with Gasteiger partial charge in [0.1, 0.15) is 11.8 Å². The smallest absolute Gasteiger partial charge is 0.261 e. The van der Waals surface area contributed by atoms with Crippen LogP contribution in [0.4, 0.5) is 0 Å². The molecule has 162 valence electrons. The number of aryl methyl sites for hydroxylation is 1. The minimum atomic E-state index is -0.642. The average molecular weight is 496 g/mol. The highest BCUT2D eigenvalue weighted by Gasteiger charge is 2.27. The number of carbonyl (C=O) groups excluding carboxylic acids is 2. The number of amides is 2. The van der Waals surface area contributed by atoms with E-state index in [1.807, 2.05) is 45.0 Å². The second-order valence-electron chi connectivity index (χ2n) is 7.36. The number of benzene rings is 2. The third kappa shape index (κ3) is 7.03. The summed E-state index contributed by atoms with van der Waals surface area (Å²) in [5.74, 6) is -0.0620. The lowest BCUT2D eigenvalue weighted by molar-refractivity contribution is -0.142. The fourth-order valence-electron chi connectivity index (χ4n) is 2.75. The summed E-state index contributed by atoms with van der Waals surface area (Å²) in [6.45, 7) is 7.77. The third-order valence-corrected chi connectivity index (χ3v) is 5.68. The number of carbonyl (C=O) groups is 2. The lowest BCUT2D eigenvalue weighted by atomic mass is 10.1. The Balaban J connectivity index is 2.16. The predicted octanol–water partition coefficient (Wildman–Crippen LogP) is 5.12. The Bertz CT molecular complexity index is 873. The second-order valence-corrected chi connectivity index (χ2v) is 8.69. The van der Waals surface area contributed by atoms with E-state index in [1.54, 1.807) is 25.1 Å². The van der Waals surface area contributed by atoms with Crippen LogP contribution in [-0.4, -0.2) is 35.4 Å². The largest absolute Gasteiger partial charge is 0.482 e. The van der Waals surface area contributed by atoms with Crippen LogP contribution in [0.3, 0.4) is 0 Å². The van der Waals surface area contributed by atoms with Crippen LogP contribution in [0.5, 0.6) is 5.75 Å². The first-order valence-corrected chi connectivity index (χ1v) is 11.1. The molecule has 2 rings (SSSR count). The van der Waals surface area contributed by atoms with Crippen molar-refractivity contribution in [1.82, 2.24) is 10.2 Å². The summed E-state index contributed by atoms with van der Waals surface area (Å²) < 4.78 is 6.47. The fraction of sp³-hybridized carbons (Fsp3) is 0.391. The van der Waals surface area contributed by atoms with Crippen molar-refractivity contribution in [2.24, 2.45) is 0 Å². The van der Waals surface area contributed by atoms with Crippen LogP contribution in [0.1, 0.15) is 38.3 Å². The minimum Gasteiger partial charge on any atom is -0.482 e. The van der Waals surface area contributed by atoms with E-state index in [-0.39, 0.29) is 24.5 Å². The lowest BCUT2D eigenvalue weighted by Gasteiger charge is -2.29. The number of nitrogens with zero attached hydrogens (tertiary/aromatic N) is 1. The number of hydrogen-bond donors (Lipinski definition) is 1. The molecular formula is C23H28BrClN2O3. The van der Waals surface area contributed by atoms with Crippen LogP contribution in [-0.2, 0) is 16.1 Å². The molecular weight excluding hydrogens is 468 g/mol. The van der Waals surface area contributed by atoms with Crippen molar-refractivity contribution in [2.45, 2.75) is 52.7 Å². The van der Waals surface area contributed by atoms with Crippen molar-refractivity contribution >= 4 is 39.3 Å². The molecule has 0 saturated heterocycles. The normalized spacial score (nSPS) is 12.7. The van der Waals surface area contributed by atoms with Gasteiger partial charge in [-0.1, -0.05) is 64.3 Å². The van der Waals surface area contributed by atoms with Crippen LogP contribution in [0.25, 0.3) is 0 Å². The zero-order valence-electron chi connectivity index (χ0n) is 17.7. The zero-order chi connectivity index (χ0) is 22.3. The summed E-state index contributed by atoms with van der Waals surface area (Å²) in [6, 6.07) is 12.5. The van der Waals surface area contributed by atoms with Gasteiger partial charge in [-0.2, -0.15) is 0 Å². The molecule has 2 amide bonds. The third-order valence-electron chi connectivity index (χ3n) is 4.89. The van der Waals surface area contributed by atoms with E-state index in [0.717, 1.165) is 22.0 Å². The van der Waals surface area contributed by atoms with Gasteiger partial charge in [0.25, 0.3) is 5.91 Å². The van der Waals surface area contributed by atoms with E-state index in [4.69, 9.17) is 16.3 Å². The van der Waals surface area contributed by atoms with Crippen molar-refractivity contribution in [1.29, 1.82) is 0 Å². The quantitative estimate of drug-likeness (QED) is 0.525. The number of ether oxygens (including phenoxy) is 1. The van der Waals surface area contributed by atoms with Gasteiger partial charge in [0.2, 0.25) is 5.91 Å². The molecule has 2 atom stereocenters. The molecule has 0 fully saturated rings. The van der Waals surface area contributed by atoms with E-state index in [1.165, 1.54) is 4.90 Å². The van der Waals surface area contributed by atoms with E-state index in [2.05, 4.69) is 21.2 Å². The van der Waals surface area contributed by atoms with E-state index >= 15 is 0 Å². The number of halogens is 2. The van der Waals surface area contributed by atoms with Crippen molar-refractivity contribution in [2.75, 3.05) is 6.61 Å². The maximum Gasteiger partial charge on any atom is 0.261 e. The molecule has 0 bridgehead atoms. The highest BCUT2D eigenvalue weighted by atomic mass is 79.9. The standard InChI is InChI=1S/C23H28BrClN2O3/c1-5-16(3)26-23(29)17(4)27(13-18-8-6-15(2)7-9-18)22(28)14-30-21-11-10-19(24)12-20(21)25/h6-12,16-17H,5,13-14H2,1-4H3,(H,26,29). The van der Waals surface area contributed by atoms with Crippen molar-refractivity contribution in [3.05, 3.63) is 63.1 Å². The van der Waals surface area contributed by atoms with Crippen LogP contribution < -0.4 is 10.1 Å². The van der Waals surface area contributed by atoms with Gasteiger partial charge in [0, 0.05) is 17.1 Å². The number of rotatable bonds is 9. The Labute approximate surface area is 191 Å². The molecule has 1 N–H and O–H groups in total. The minimum absolute atomic E-state index is 0.0362. The van der Waals surface area contributed by atoms with Gasteiger partial charge in [0.05, 0.1) is 5.02 Å². The van der Waals surface area contributed by atoms with Crippen molar-refractivity contribution in [3.8, 4) is 5.75 Å². The summed E-state index contributed by atoms with van der Waals surface area (Å²) in [7, 11) is 0. The average Bonchev–Trinajstić information content (AvgIpc) is 2.71. The Hall–Kier alpha value is -2.05. The van der Waals surface area contributed by atoms with E-state index < -0.39 is 6.04 Å². The van der Waals surface area contributed by atoms with Gasteiger partial charge in [-0.15, -0.1) is 0 Å². The van der Waals surface area contributed by atoms with Crippen molar-refractivity contribution in [3.63, 3.8) is 0 Å². The molecule has 0 aliphatic rings. The monoisotopic (exact) mass is 494 g/mol. The SMILES string of the molecule is CCC(C)NC(=O)C(C)N(Cc1ccc(C)cc1)C(=O)COc1ccc(Br)cc1Cl. The molecule has 2 unspecified atom stereocenters. The first-order valence-electron chi connectivity index (χ1n) is 9.94. The Morgan fingerprint density at radius 1 is 1.17 bits per heavy atom. The summed E-state index contributed by atoms with van der Waals surface area (Å²) in [4.78, 5) is 27.3. The molecule has 0 saturated carbocycles. The molecule has 2 aromatic carbocycles. The van der Waals surface area contributed by atoms with E-state index in [0.29, 0.717) is 17.3 Å². The highest BCUT2D eigenvalue weighted by Crippen LogP contribution is 2.27. The zero-order valence-corrected chi connectivity index (χ0v) is 20.1. The van der Waals surface area contributed by atoms with Crippen LogP contribution >= 0.6 is 27.5 Å². The van der Waals surface area contributed by atoms with Gasteiger partial charge in [-0.3, -0.25) is 9.59 Å². The molecule has 0 heterocycles. The Morgan fingerprint density at radius 3 is 2.43 bits per heavy atom. The first kappa shape index (κ1) is 24.2. The van der Waals surface area contributed by atoms with Crippen LogP contribution in [0.2, 0.25) is 5.02 Å². The predicted molar refractivity (Wildman–Crippen MR) is 124 cm³/mol. The van der Waals surface area contributed by atoms with Gasteiger partial charge in [-0.25, -0.2) is 0 Å². The lowest BCUT2D eigenvalue weighted by Crippen LogP contribution is -2.50. The molecule has 0 radical (unpaired) electrons. The van der Waals surface area contributed by atoms with Gasteiger partial charge in [0.15, 0.2) is 6.61 Å². The van der Waals surface area contributed by atoms with E-state index in [9.17, 15) is 9.59 Å². The van der Waals surface area contributed by atoms with Gasteiger partial charge in [-0.05, 0) is 51.0 Å². The molecule has 7 heteroatoms. The van der Waals surface area contributed by atoms with Gasteiger partial charge < -0.3 is 15.0 Å². The summed E-state index contributed by atoms with van der Waals surface area (Å²) >= 11 is 9.52. The summed E-state index contributed by atoms with van der Waals surface area (Å²) in [6.07, 6.45) is 0.815. The highest BCUT2D eigenvalue weighted by molar-refractivity contribution is 9.10. The molecule has 2 aromatic rings. The Kier molecular flexibility index (Phi) is 9.18. The molecule has 0 spiro atoms. The second kappa shape index (κ2) is 11.4. The molecule has 5 nitrogen and oxygen atoms in total. The Morgan fingerprint density at radius 2 is 1.83 bits per heavy atom. The number of hydrogen-bond acceptors (Lipinski definition) is 3. The van der Waals surface area contributed by atoms with Crippen LogP contribution in [0.15, 0.2) is 46.9 Å². The number of nitrogens with one attached hydrogen (secondary N) is 1. The molecule has 30 heavy (non-hydrogen) atoms.